The summed E-state index contributed by atoms with van der Waals surface area (Å²) in [6, 6.07) is 0. The number of aryl methyl sites for hydroxylation is 1. The molecule has 0 fully saturated rings. The number of unbranched alkanes of at least 4 members (excludes halogenated alkanes) is 1. The van der Waals surface area contributed by atoms with Crippen LogP contribution in [0.15, 0.2) is 17.4 Å². The first-order chi connectivity index (χ1) is 8.26. The Morgan fingerprint density at radius 3 is 2.76 bits per heavy atom. The summed E-state index contributed by atoms with van der Waals surface area (Å²) in [4.78, 5) is 4.17. The third-order valence-electron chi connectivity index (χ3n) is 2.51. The molecule has 2 N–H and O–H groups in total. The fraction of sp³-hybridized carbons (Fsp3) is 0.667. The number of rotatable bonds is 6. The molecule has 1 aromatic heterocycles. The van der Waals surface area contributed by atoms with Gasteiger partial charge in [0.2, 0.25) is 0 Å². The minimum atomic E-state index is 0.873. The van der Waals surface area contributed by atoms with E-state index in [1.165, 1.54) is 18.4 Å². The summed E-state index contributed by atoms with van der Waals surface area (Å²) < 4.78 is 1.82. The quantitative estimate of drug-likeness (QED) is 0.439. The molecule has 0 aromatic carbocycles. The van der Waals surface area contributed by atoms with Crippen LogP contribution in [0.5, 0.6) is 0 Å². The molecule has 0 amide bonds. The van der Waals surface area contributed by atoms with Crippen LogP contribution in [0.4, 0.5) is 0 Å². The standard InChI is InChI=1S/C12H23N5/c1-4-5-7-14-12(13-2)15-8-6-11-9-16-17(3)10-11/h9-10H,4-8H2,1-3H3,(H2,13,14,15). The second-order valence-electron chi connectivity index (χ2n) is 4.05. The molecule has 5 heteroatoms. The van der Waals surface area contributed by atoms with Gasteiger partial charge < -0.3 is 10.6 Å². The Morgan fingerprint density at radius 2 is 2.18 bits per heavy atom. The third-order valence-corrected chi connectivity index (χ3v) is 2.51. The lowest BCUT2D eigenvalue weighted by molar-refractivity contribution is 0.726. The van der Waals surface area contributed by atoms with Crippen LogP contribution >= 0.6 is 0 Å². The molecule has 17 heavy (non-hydrogen) atoms. The molecule has 1 rings (SSSR count). The van der Waals surface area contributed by atoms with Crippen LogP contribution in [-0.4, -0.2) is 35.9 Å². The zero-order valence-electron chi connectivity index (χ0n) is 11.0. The van der Waals surface area contributed by atoms with E-state index < -0.39 is 0 Å². The van der Waals surface area contributed by atoms with E-state index >= 15 is 0 Å². The first-order valence-corrected chi connectivity index (χ1v) is 6.18. The van der Waals surface area contributed by atoms with E-state index in [4.69, 9.17) is 0 Å². The minimum Gasteiger partial charge on any atom is -0.356 e. The molecule has 0 spiro atoms. The Hall–Kier alpha value is -1.52. The Labute approximate surface area is 103 Å². The second-order valence-corrected chi connectivity index (χ2v) is 4.05. The van der Waals surface area contributed by atoms with E-state index in [1.807, 2.05) is 24.1 Å². The summed E-state index contributed by atoms with van der Waals surface area (Å²) in [5.41, 5.74) is 1.24. The van der Waals surface area contributed by atoms with Crippen molar-refractivity contribution in [1.29, 1.82) is 0 Å². The van der Waals surface area contributed by atoms with Gasteiger partial charge in [-0.3, -0.25) is 9.67 Å². The summed E-state index contributed by atoms with van der Waals surface area (Å²) in [5, 5.41) is 10.7. The third kappa shape index (κ3) is 5.38. The molecular formula is C12H23N5. The number of hydrogen-bond donors (Lipinski definition) is 2. The average Bonchev–Trinajstić information content (AvgIpc) is 2.73. The molecule has 0 aliphatic carbocycles. The van der Waals surface area contributed by atoms with Gasteiger partial charge in [-0.15, -0.1) is 0 Å². The maximum absolute atomic E-state index is 4.17. The first-order valence-electron chi connectivity index (χ1n) is 6.18. The van der Waals surface area contributed by atoms with Crippen LogP contribution in [0.1, 0.15) is 25.3 Å². The summed E-state index contributed by atoms with van der Waals surface area (Å²) in [6.07, 6.45) is 7.26. The van der Waals surface area contributed by atoms with Crippen LogP contribution < -0.4 is 10.6 Å². The van der Waals surface area contributed by atoms with Crippen molar-refractivity contribution in [3.05, 3.63) is 18.0 Å². The van der Waals surface area contributed by atoms with Gasteiger partial charge in [-0.05, 0) is 18.4 Å². The lowest BCUT2D eigenvalue weighted by atomic mass is 10.2. The van der Waals surface area contributed by atoms with Gasteiger partial charge in [0.15, 0.2) is 5.96 Å². The van der Waals surface area contributed by atoms with E-state index in [9.17, 15) is 0 Å². The van der Waals surface area contributed by atoms with E-state index in [1.54, 1.807) is 7.05 Å². The molecular weight excluding hydrogens is 214 g/mol. The van der Waals surface area contributed by atoms with Gasteiger partial charge in [0, 0.05) is 33.4 Å². The number of nitrogens with zero attached hydrogens (tertiary/aromatic N) is 3. The van der Waals surface area contributed by atoms with Crippen molar-refractivity contribution < 1.29 is 0 Å². The van der Waals surface area contributed by atoms with E-state index in [0.717, 1.165) is 25.5 Å². The lowest BCUT2D eigenvalue weighted by Gasteiger charge is -2.10. The zero-order valence-corrected chi connectivity index (χ0v) is 11.0. The van der Waals surface area contributed by atoms with Gasteiger partial charge >= 0.3 is 0 Å². The van der Waals surface area contributed by atoms with Crippen molar-refractivity contribution in [2.75, 3.05) is 20.1 Å². The van der Waals surface area contributed by atoms with Crippen molar-refractivity contribution in [1.82, 2.24) is 20.4 Å². The SMILES string of the molecule is CCCCNC(=NC)NCCc1cnn(C)c1. The molecule has 0 saturated heterocycles. The smallest absolute Gasteiger partial charge is 0.190 e. The van der Waals surface area contributed by atoms with E-state index in [2.05, 4.69) is 27.6 Å². The molecule has 5 nitrogen and oxygen atoms in total. The van der Waals surface area contributed by atoms with Gasteiger partial charge in [-0.1, -0.05) is 13.3 Å². The van der Waals surface area contributed by atoms with Crippen LogP contribution in [0.25, 0.3) is 0 Å². The predicted octanol–water partition coefficient (Wildman–Crippen LogP) is 0.928. The molecule has 1 heterocycles. The molecule has 0 radical (unpaired) electrons. The molecule has 0 aliphatic heterocycles. The van der Waals surface area contributed by atoms with Crippen molar-refractivity contribution >= 4 is 5.96 Å². The van der Waals surface area contributed by atoms with E-state index in [0.29, 0.717) is 0 Å². The maximum atomic E-state index is 4.17. The summed E-state index contributed by atoms with van der Waals surface area (Å²) in [7, 11) is 3.73. The van der Waals surface area contributed by atoms with Crippen molar-refractivity contribution in [2.45, 2.75) is 26.2 Å². The highest BCUT2D eigenvalue weighted by Crippen LogP contribution is 1.95. The minimum absolute atomic E-state index is 0.873. The normalized spacial score (nSPS) is 11.6. The highest BCUT2D eigenvalue weighted by Gasteiger charge is 1.98. The van der Waals surface area contributed by atoms with E-state index in [-0.39, 0.29) is 0 Å². The van der Waals surface area contributed by atoms with Crippen molar-refractivity contribution in [3.63, 3.8) is 0 Å². The summed E-state index contributed by atoms with van der Waals surface area (Å²) in [6.45, 7) is 4.03. The second kappa shape index (κ2) is 7.70. The molecule has 0 saturated carbocycles. The molecule has 96 valence electrons. The number of guanidine groups is 1. The van der Waals surface area contributed by atoms with Gasteiger partial charge in [-0.25, -0.2) is 0 Å². The van der Waals surface area contributed by atoms with Crippen molar-refractivity contribution in [2.24, 2.45) is 12.0 Å². The van der Waals surface area contributed by atoms with Crippen LogP contribution in [-0.2, 0) is 13.5 Å². The first kappa shape index (κ1) is 13.5. The molecule has 1 aromatic rings. The van der Waals surface area contributed by atoms with Crippen LogP contribution in [0.3, 0.4) is 0 Å². The monoisotopic (exact) mass is 237 g/mol. The zero-order chi connectivity index (χ0) is 12.5. The molecule has 0 bridgehead atoms. The fourth-order valence-electron chi connectivity index (χ4n) is 1.53. The average molecular weight is 237 g/mol. The van der Waals surface area contributed by atoms with Crippen molar-refractivity contribution in [3.8, 4) is 0 Å². The summed E-state index contributed by atoms with van der Waals surface area (Å²) in [5.74, 6) is 0.877. The molecule has 0 atom stereocenters. The number of aliphatic imine (C=N–C) groups is 1. The lowest BCUT2D eigenvalue weighted by Crippen LogP contribution is -2.38. The molecule has 0 aliphatic rings. The van der Waals surface area contributed by atoms with Gasteiger partial charge in [0.1, 0.15) is 0 Å². The Balaban J connectivity index is 2.19. The number of nitrogens with one attached hydrogen (secondary N) is 2. The predicted molar refractivity (Wildman–Crippen MR) is 71.2 cm³/mol. The Kier molecular flexibility index (Phi) is 6.14. The maximum Gasteiger partial charge on any atom is 0.190 e. The van der Waals surface area contributed by atoms with Gasteiger partial charge in [-0.2, -0.15) is 5.10 Å². The Bertz CT molecular complexity index is 342. The number of aromatic nitrogens is 2. The summed E-state index contributed by atoms with van der Waals surface area (Å²) >= 11 is 0. The highest BCUT2D eigenvalue weighted by atomic mass is 15.2. The fourth-order valence-corrected chi connectivity index (χ4v) is 1.53. The highest BCUT2D eigenvalue weighted by molar-refractivity contribution is 5.79. The van der Waals surface area contributed by atoms with Crippen LogP contribution in [0.2, 0.25) is 0 Å². The largest absolute Gasteiger partial charge is 0.356 e. The number of hydrogen-bond acceptors (Lipinski definition) is 2. The van der Waals surface area contributed by atoms with Gasteiger partial charge in [0.25, 0.3) is 0 Å². The topological polar surface area (TPSA) is 54.2 Å². The van der Waals surface area contributed by atoms with Crippen LogP contribution in [0, 0.1) is 0 Å². The Morgan fingerprint density at radius 1 is 1.41 bits per heavy atom. The van der Waals surface area contributed by atoms with Gasteiger partial charge in [0.05, 0.1) is 6.20 Å². The molecule has 0 unspecified atom stereocenters.